The van der Waals surface area contributed by atoms with Gasteiger partial charge in [-0.25, -0.2) is 19.1 Å². The summed E-state index contributed by atoms with van der Waals surface area (Å²) in [6.07, 6.45) is 3.34. The van der Waals surface area contributed by atoms with Gasteiger partial charge in [-0.15, -0.1) is 0 Å². The molecule has 4 aromatic rings. The van der Waals surface area contributed by atoms with Gasteiger partial charge in [0.25, 0.3) is 0 Å². The molecule has 1 fully saturated rings. The van der Waals surface area contributed by atoms with E-state index in [2.05, 4.69) is 25.5 Å². The molecule has 0 aliphatic carbocycles. The number of aryl methyl sites for hydroxylation is 1. The minimum atomic E-state index is -0.774. The average molecular weight is 543 g/mol. The molecule has 5 rings (SSSR count). The molecule has 2 amide bonds. The molecular weight excluding hydrogens is 514 g/mol. The molecule has 204 valence electrons. The van der Waals surface area contributed by atoms with Crippen molar-refractivity contribution < 1.29 is 18.4 Å². The first-order valence-electron chi connectivity index (χ1n) is 12.8. The number of halogens is 2. The number of hydrogen-bond donors (Lipinski definition) is 3. The van der Waals surface area contributed by atoms with Gasteiger partial charge in [-0.2, -0.15) is 5.26 Å². The van der Waals surface area contributed by atoms with Crippen molar-refractivity contribution in [3.05, 3.63) is 77.5 Å². The SMILES string of the molecule is CONC(=O)Nc1c(F)cc(C#N)cc1-c1ccc2ncc(-c3cc(C)cc(F)c3)c(N3CCC(N)CC3)c2c1. The van der Waals surface area contributed by atoms with Gasteiger partial charge in [0.15, 0.2) is 0 Å². The fraction of sp³-hybridized carbons (Fsp3) is 0.233. The molecule has 1 saturated heterocycles. The number of nitrogens with one attached hydrogen (secondary N) is 2. The third-order valence-electron chi connectivity index (χ3n) is 7.01. The summed E-state index contributed by atoms with van der Waals surface area (Å²) in [6.45, 7) is 3.24. The molecule has 0 saturated carbocycles. The molecular formula is C30H28F2N6O2. The summed E-state index contributed by atoms with van der Waals surface area (Å²) in [5.74, 6) is -1.11. The Kier molecular flexibility index (Phi) is 7.60. The lowest BCUT2D eigenvalue weighted by Gasteiger charge is -2.34. The second-order valence-corrected chi connectivity index (χ2v) is 9.85. The van der Waals surface area contributed by atoms with Crippen LogP contribution in [0.4, 0.5) is 25.0 Å². The van der Waals surface area contributed by atoms with Crippen molar-refractivity contribution in [1.82, 2.24) is 10.5 Å². The highest BCUT2D eigenvalue weighted by Crippen LogP contribution is 2.41. The molecule has 1 aliphatic heterocycles. The first kappa shape index (κ1) is 27.0. The number of carbonyl (C=O) groups is 1. The first-order valence-corrected chi connectivity index (χ1v) is 12.8. The van der Waals surface area contributed by atoms with Gasteiger partial charge in [-0.3, -0.25) is 9.82 Å². The van der Waals surface area contributed by atoms with E-state index in [0.29, 0.717) is 35.3 Å². The largest absolute Gasteiger partial charge is 0.370 e. The third kappa shape index (κ3) is 5.43. The zero-order chi connectivity index (χ0) is 28.4. The highest BCUT2D eigenvalue weighted by atomic mass is 19.1. The van der Waals surface area contributed by atoms with Crippen LogP contribution in [-0.2, 0) is 4.84 Å². The second-order valence-electron chi connectivity index (χ2n) is 9.85. The van der Waals surface area contributed by atoms with E-state index in [9.17, 15) is 14.4 Å². The van der Waals surface area contributed by atoms with Gasteiger partial charge in [0.1, 0.15) is 11.6 Å². The Balaban J connectivity index is 1.75. The van der Waals surface area contributed by atoms with Crippen LogP contribution < -0.4 is 21.4 Å². The number of pyridine rings is 1. The maximum absolute atomic E-state index is 15.2. The number of nitriles is 1. The molecule has 1 aromatic heterocycles. The van der Waals surface area contributed by atoms with E-state index in [0.717, 1.165) is 41.1 Å². The number of aromatic nitrogens is 1. The van der Waals surface area contributed by atoms with E-state index in [1.165, 1.54) is 25.3 Å². The number of amides is 2. The van der Waals surface area contributed by atoms with Gasteiger partial charge in [-0.05, 0) is 72.9 Å². The van der Waals surface area contributed by atoms with Crippen LogP contribution in [0.3, 0.4) is 0 Å². The van der Waals surface area contributed by atoms with Crippen LogP contribution in [0.15, 0.2) is 54.7 Å². The monoisotopic (exact) mass is 542 g/mol. The fourth-order valence-electron chi connectivity index (χ4n) is 5.17. The molecule has 10 heteroatoms. The van der Waals surface area contributed by atoms with E-state index in [1.54, 1.807) is 18.3 Å². The number of hydrogen-bond acceptors (Lipinski definition) is 6. The van der Waals surface area contributed by atoms with Crippen LogP contribution in [0.1, 0.15) is 24.0 Å². The molecule has 0 radical (unpaired) electrons. The number of benzene rings is 3. The Bertz CT molecular complexity index is 1620. The topological polar surface area (TPSA) is 116 Å². The fourth-order valence-corrected chi connectivity index (χ4v) is 5.17. The summed E-state index contributed by atoms with van der Waals surface area (Å²) in [5.41, 5.74) is 13.0. The lowest BCUT2D eigenvalue weighted by Crippen LogP contribution is -2.40. The average Bonchev–Trinajstić information content (AvgIpc) is 2.93. The molecule has 8 nitrogen and oxygen atoms in total. The number of carbonyl (C=O) groups excluding carboxylic acids is 1. The Labute approximate surface area is 230 Å². The first-order chi connectivity index (χ1) is 19.3. The molecule has 0 atom stereocenters. The van der Waals surface area contributed by atoms with E-state index >= 15 is 4.39 Å². The number of piperidine rings is 1. The summed E-state index contributed by atoms with van der Waals surface area (Å²) in [6, 6.07) is 14.2. The van der Waals surface area contributed by atoms with Gasteiger partial charge in [0.2, 0.25) is 0 Å². The smallest absolute Gasteiger partial charge is 0.343 e. The molecule has 0 unspecified atom stereocenters. The predicted octanol–water partition coefficient (Wildman–Crippen LogP) is 5.64. The number of fused-ring (bicyclic) bond motifs is 1. The predicted molar refractivity (Wildman–Crippen MR) is 151 cm³/mol. The van der Waals surface area contributed by atoms with Gasteiger partial charge >= 0.3 is 6.03 Å². The Morgan fingerprint density at radius 3 is 2.58 bits per heavy atom. The summed E-state index contributed by atoms with van der Waals surface area (Å²) >= 11 is 0. The number of anilines is 2. The van der Waals surface area contributed by atoms with Crippen molar-refractivity contribution in [2.45, 2.75) is 25.8 Å². The van der Waals surface area contributed by atoms with Crippen molar-refractivity contribution in [2.75, 3.05) is 30.4 Å². The van der Waals surface area contributed by atoms with Crippen molar-refractivity contribution in [3.8, 4) is 28.3 Å². The standard InChI is InChI=1S/C30H28F2N6O2/c1-17-9-20(13-21(31)10-17)25-16-35-27-4-3-19(14-24(27)29(25)38-7-5-22(34)6-8-38)23-11-18(15-33)12-26(32)28(23)36-30(39)37-40-2/h3-4,9-14,16,22H,5-8,34H2,1-2H3,(H2,36,37,39). The van der Waals surface area contributed by atoms with Gasteiger partial charge in [-0.1, -0.05) is 12.1 Å². The molecule has 4 N–H and O–H groups in total. The molecule has 3 aromatic carbocycles. The van der Waals surface area contributed by atoms with E-state index < -0.39 is 11.8 Å². The van der Waals surface area contributed by atoms with Crippen molar-refractivity contribution in [2.24, 2.45) is 5.73 Å². The van der Waals surface area contributed by atoms with Crippen LogP contribution in [0, 0.1) is 29.9 Å². The highest BCUT2D eigenvalue weighted by molar-refractivity contribution is 6.03. The van der Waals surface area contributed by atoms with Crippen LogP contribution >= 0.6 is 0 Å². The molecule has 40 heavy (non-hydrogen) atoms. The van der Waals surface area contributed by atoms with E-state index in [4.69, 9.17) is 5.73 Å². The van der Waals surface area contributed by atoms with Crippen molar-refractivity contribution in [1.29, 1.82) is 5.26 Å². The number of rotatable bonds is 5. The minimum absolute atomic E-state index is 0.0950. The van der Waals surface area contributed by atoms with Gasteiger partial charge in [0, 0.05) is 41.8 Å². The van der Waals surface area contributed by atoms with E-state index in [-0.39, 0.29) is 23.1 Å². The normalized spacial score (nSPS) is 13.8. The lowest BCUT2D eigenvalue weighted by molar-refractivity contribution is 0.114. The Morgan fingerprint density at radius 1 is 1.10 bits per heavy atom. The van der Waals surface area contributed by atoms with Crippen LogP contribution in [0.2, 0.25) is 0 Å². The third-order valence-corrected chi connectivity index (χ3v) is 7.01. The second kappa shape index (κ2) is 11.3. The molecule has 0 bridgehead atoms. The maximum Gasteiger partial charge on any atom is 0.343 e. The van der Waals surface area contributed by atoms with Gasteiger partial charge < -0.3 is 16.0 Å². The zero-order valence-corrected chi connectivity index (χ0v) is 22.1. The highest BCUT2D eigenvalue weighted by Gasteiger charge is 2.24. The minimum Gasteiger partial charge on any atom is -0.370 e. The Hall–Kier alpha value is -4.59. The number of urea groups is 1. The van der Waals surface area contributed by atoms with Crippen LogP contribution in [-0.4, -0.2) is 37.3 Å². The lowest BCUT2D eigenvalue weighted by atomic mass is 9.94. The Morgan fingerprint density at radius 2 is 1.88 bits per heavy atom. The quantitative estimate of drug-likeness (QED) is 0.281. The summed E-state index contributed by atoms with van der Waals surface area (Å²) < 4.78 is 29.7. The zero-order valence-electron chi connectivity index (χ0n) is 22.1. The molecule has 2 heterocycles. The van der Waals surface area contributed by atoms with Crippen molar-refractivity contribution >= 4 is 28.3 Å². The number of nitrogens with two attached hydrogens (primary N) is 1. The summed E-state index contributed by atoms with van der Waals surface area (Å²) in [5, 5.41) is 12.7. The summed E-state index contributed by atoms with van der Waals surface area (Å²) in [4.78, 5) is 23.8. The van der Waals surface area contributed by atoms with E-state index in [1.807, 2.05) is 25.1 Å². The maximum atomic E-state index is 15.2. The van der Waals surface area contributed by atoms with Gasteiger partial charge in [0.05, 0.1) is 35.6 Å². The van der Waals surface area contributed by atoms with Crippen LogP contribution in [0.5, 0.6) is 0 Å². The number of hydroxylamine groups is 1. The molecule has 1 aliphatic rings. The molecule has 0 spiro atoms. The van der Waals surface area contributed by atoms with Crippen molar-refractivity contribution in [3.63, 3.8) is 0 Å². The van der Waals surface area contributed by atoms with Crippen LogP contribution in [0.25, 0.3) is 33.2 Å². The summed E-state index contributed by atoms with van der Waals surface area (Å²) in [7, 11) is 1.26. The number of nitrogens with zero attached hydrogens (tertiary/aromatic N) is 3.